The van der Waals surface area contributed by atoms with Crippen LogP contribution in [0.3, 0.4) is 0 Å². The Balaban J connectivity index is 1.51. The summed E-state index contributed by atoms with van der Waals surface area (Å²) in [5.74, 6) is 0.206. The number of esters is 1. The summed E-state index contributed by atoms with van der Waals surface area (Å²) in [6.07, 6.45) is 2.22. The van der Waals surface area contributed by atoms with Crippen molar-refractivity contribution >= 4 is 22.6 Å². The first-order valence-corrected chi connectivity index (χ1v) is 10.4. The van der Waals surface area contributed by atoms with E-state index in [4.69, 9.17) is 19.6 Å². The number of nitrogen functional groups attached to an aromatic ring is 1. The van der Waals surface area contributed by atoms with Crippen molar-refractivity contribution in [3.8, 4) is 16.9 Å². The topological polar surface area (TPSA) is 91.8 Å². The fourth-order valence-corrected chi connectivity index (χ4v) is 3.29. The van der Waals surface area contributed by atoms with Crippen LogP contribution in [-0.4, -0.2) is 12.6 Å². The predicted octanol–water partition coefficient (Wildman–Crippen LogP) is 5.19. The van der Waals surface area contributed by atoms with Gasteiger partial charge in [0.1, 0.15) is 24.2 Å². The SMILES string of the molecule is CCCOC(=O)c1cccc(COc2ccc3c(=O)c(-c4ccc(N)cc4)coc3c2)c1. The van der Waals surface area contributed by atoms with Gasteiger partial charge in [0.05, 0.1) is 23.1 Å². The smallest absolute Gasteiger partial charge is 0.338 e. The van der Waals surface area contributed by atoms with Gasteiger partial charge in [-0.2, -0.15) is 0 Å². The molecule has 0 spiro atoms. The van der Waals surface area contributed by atoms with Gasteiger partial charge in [0, 0.05) is 11.8 Å². The van der Waals surface area contributed by atoms with E-state index in [-0.39, 0.29) is 18.0 Å². The molecule has 2 N–H and O–H groups in total. The summed E-state index contributed by atoms with van der Waals surface area (Å²) in [4.78, 5) is 24.9. The molecule has 0 saturated heterocycles. The van der Waals surface area contributed by atoms with E-state index in [2.05, 4.69) is 0 Å². The molecular formula is C26H23NO5. The summed E-state index contributed by atoms with van der Waals surface area (Å²) in [5, 5.41) is 0.465. The number of hydrogen-bond donors (Lipinski definition) is 1. The van der Waals surface area contributed by atoms with Crippen molar-refractivity contribution in [3.05, 3.63) is 94.3 Å². The summed E-state index contributed by atoms with van der Waals surface area (Å²) in [6.45, 7) is 2.60. The van der Waals surface area contributed by atoms with Crippen molar-refractivity contribution in [2.45, 2.75) is 20.0 Å². The monoisotopic (exact) mass is 429 g/mol. The Morgan fingerprint density at radius 3 is 2.62 bits per heavy atom. The molecule has 1 heterocycles. The lowest BCUT2D eigenvalue weighted by atomic mass is 10.1. The van der Waals surface area contributed by atoms with E-state index in [1.54, 1.807) is 60.7 Å². The molecule has 162 valence electrons. The van der Waals surface area contributed by atoms with E-state index in [1.807, 2.05) is 13.0 Å². The van der Waals surface area contributed by atoms with Gasteiger partial charge in [-0.05, 0) is 53.9 Å². The third kappa shape index (κ3) is 4.64. The number of anilines is 1. The Hall–Kier alpha value is -4.06. The molecule has 1 aromatic heterocycles. The number of carbonyl (C=O) groups excluding carboxylic acids is 1. The zero-order valence-corrected chi connectivity index (χ0v) is 17.7. The van der Waals surface area contributed by atoms with Crippen molar-refractivity contribution in [1.29, 1.82) is 0 Å². The Bertz CT molecular complexity index is 1310. The normalized spacial score (nSPS) is 10.8. The second kappa shape index (κ2) is 9.39. The molecule has 0 bridgehead atoms. The van der Waals surface area contributed by atoms with Gasteiger partial charge in [0.2, 0.25) is 0 Å². The van der Waals surface area contributed by atoms with Crippen LogP contribution in [0.25, 0.3) is 22.1 Å². The molecule has 0 saturated carbocycles. The number of fused-ring (bicyclic) bond motifs is 1. The Kier molecular flexibility index (Phi) is 6.22. The van der Waals surface area contributed by atoms with Crippen molar-refractivity contribution in [2.75, 3.05) is 12.3 Å². The first kappa shape index (κ1) is 21.2. The molecule has 0 amide bonds. The van der Waals surface area contributed by atoms with Crippen molar-refractivity contribution in [1.82, 2.24) is 0 Å². The Morgan fingerprint density at radius 2 is 1.84 bits per heavy atom. The van der Waals surface area contributed by atoms with E-state index in [9.17, 15) is 9.59 Å². The van der Waals surface area contributed by atoms with Crippen LogP contribution >= 0.6 is 0 Å². The highest BCUT2D eigenvalue weighted by molar-refractivity contribution is 5.89. The largest absolute Gasteiger partial charge is 0.489 e. The van der Waals surface area contributed by atoms with Gasteiger partial charge in [-0.1, -0.05) is 31.2 Å². The molecule has 0 aliphatic carbocycles. The van der Waals surface area contributed by atoms with E-state index >= 15 is 0 Å². The molecular weight excluding hydrogens is 406 g/mol. The highest BCUT2D eigenvalue weighted by Gasteiger charge is 2.11. The highest BCUT2D eigenvalue weighted by Crippen LogP contribution is 2.24. The standard InChI is InChI=1S/C26H23NO5/c1-2-12-30-26(29)19-5-3-4-17(13-19)15-31-21-10-11-22-24(14-21)32-16-23(25(22)28)18-6-8-20(27)9-7-18/h3-11,13-14,16H,2,12,15,27H2,1H3. The molecule has 0 aliphatic rings. The van der Waals surface area contributed by atoms with E-state index in [0.717, 1.165) is 17.5 Å². The third-order valence-corrected chi connectivity index (χ3v) is 4.97. The minimum atomic E-state index is -0.349. The quantitative estimate of drug-likeness (QED) is 0.321. The number of nitrogens with two attached hydrogens (primary N) is 1. The first-order chi connectivity index (χ1) is 15.5. The first-order valence-electron chi connectivity index (χ1n) is 10.4. The molecule has 0 aliphatic heterocycles. The van der Waals surface area contributed by atoms with E-state index < -0.39 is 0 Å². The molecule has 0 unspecified atom stereocenters. The minimum absolute atomic E-state index is 0.124. The minimum Gasteiger partial charge on any atom is -0.489 e. The number of benzene rings is 3. The van der Waals surface area contributed by atoms with Crippen LogP contribution in [0.2, 0.25) is 0 Å². The summed E-state index contributed by atoms with van der Waals surface area (Å²) in [7, 11) is 0. The van der Waals surface area contributed by atoms with Gasteiger partial charge in [0.15, 0.2) is 5.43 Å². The second-order valence-corrected chi connectivity index (χ2v) is 7.38. The van der Waals surface area contributed by atoms with Crippen molar-refractivity contribution in [2.24, 2.45) is 0 Å². The molecule has 32 heavy (non-hydrogen) atoms. The fourth-order valence-electron chi connectivity index (χ4n) is 3.29. The maximum Gasteiger partial charge on any atom is 0.338 e. The van der Waals surface area contributed by atoms with Gasteiger partial charge < -0.3 is 19.6 Å². The number of hydrogen-bond acceptors (Lipinski definition) is 6. The van der Waals surface area contributed by atoms with Crippen LogP contribution in [0.4, 0.5) is 5.69 Å². The van der Waals surface area contributed by atoms with Crippen LogP contribution in [-0.2, 0) is 11.3 Å². The molecule has 3 aromatic carbocycles. The Morgan fingerprint density at radius 1 is 1.03 bits per heavy atom. The van der Waals surface area contributed by atoms with Gasteiger partial charge in [0.25, 0.3) is 0 Å². The van der Waals surface area contributed by atoms with E-state index in [0.29, 0.717) is 40.1 Å². The lowest BCUT2D eigenvalue weighted by Gasteiger charge is -2.09. The molecule has 4 rings (SSSR count). The Labute approximate surface area is 185 Å². The molecule has 0 atom stereocenters. The average molecular weight is 429 g/mol. The van der Waals surface area contributed by atoms with E-state index in [1.165, 1.54) is 6.26 Å². The van der Waals surface area contributed by atoms with Crippen LogP contribution in [0.5, 0.6) is 5.75 Å². The molecule has 6 nitrogen and oxygen atoms in total. The maximum absolute atomic E-state index is 12.9. The van der Waals surface area contributed by atoms with Crippen LogP contribution in [0.1, 0.15) is 29.3 Å². The van der Waals surface area contributed by atoms with Crippen LogP contribution in [0, 0.1) is 0 Å². The van der Waals surface area contributed by atoms with Gasteiger partial charge in [-0.15, -0.1) is 0 Å². The number of carbonyl (C=O) groups is 1. The average Bonchev–Trinajstić information content (AvgIpc) is 2.82. The van der Waals surface area contributed by atoms with Crippen LogP contribution < -0.4 is 15.9 Å². The van der Waals surface area contributed by atoms with Gasteiger partial charge in [-0.3, -0.25) is 4.79 Å². The van der Waals surface area contributed by atoms with Gasteiger partial charge >= 0.3 is 5.97 Å². The van der Waals surface area contributed by atoms with Crippen LogP contribution in [0.15, 0.2) is 82.2 Å². The summed E-state index contributed by atoms with van der Waals surface area (Å²) in [5.41, 5.74) is 9.19. The molecule has 6 heteroatoms. The second-order valence-electron chi connectivity index (χ2n) is 7.38. The lowest BCUT2D eigenvalue weighted by Crippen LogP contribution is -2.07. The number of ether oxygens (including phenoxy) is 2. The summed E-state index contributed by atoms with van der Waals surface area (Å²) in [6, 6.07) is 19.3. The summed E-state index contributed by atoms with van der Waals surface area (Å²) >= 11 is 0. The number of rotatable bonds is 7. The summed E-state index contributed by atoms with van der Waals surface area (Å²) < 4.78 is 16.7. The molecule has 0 radical (unpaired) electrons. The third-order valence-electron chi connectivity index (χ3n) is 4.97. The maximum atomic E-state index is 12.9. The molecule has 4 aromatic rings. The lowest BCUT2D eigenvalue weighted by molar-refractivity contribution is 0.0505. The zero-order valence-electron chi connectivity index (χ0n) is 17.7. The van der Waals surface area contributed by atoms with Gasteiger partial charge in [-0.25, -0.2) is 4.79 Å². The highest BCUT2D eigenvalue weighted by atomic mass is 16.5. The van der Waals surface area contributed by atoms with Crippen molar-refractivity contribution < 1.29 is 18.7 Å². The fraction of sp³-hybridized carbons (Fsp3) is 0.154. The predicted molar refractivity (Wildman–Crippen MR) is 124 cm³/mol. The van der Waals surface area contributed by atoms with Crippen molar-refractivity contribution in [3.63, 3.8) is 0 Å². The zero-order chi connectivity index (χ0) is 22.5. The molecule has 0 fully saturated rings.